The topological polar surface area (TPSA) is 77.2 Å². The van der Waals surface area contributed by atoms with Gasteiger partial charge in [-0.3, -0.25) is 4.79 Å². The normalized spacial score (nSPS) is 18.1. The van der Waals surface area contributed by atoms with E-state index < -0.39 is 0 Å². The summed E-state index contributed by atoms with van der Waals surface area (Å²) in [6.07, 6.45) is 0.641. The van der Waals surface area contributed by atoms with Gasteiger partial charge in [0, 0.05) is 14.1 Å². The van der Waals surface area contributed by atoms with E-state index in [0.717, 1.165) is 15.8 Å². The monoisotopic (exact) mass is 436 g/mol. The Labute approximate surface area is 175 Å². The molecular formula is C19H18Cl2N4O2S. The minimum absolute atomic E-state index is 0.206. The van der Waals surface area contributed by atoms with Gasteiger partial charge in [-0.05, 0) is 23.6 Å². The van der Waals surface area contributed by atoms with E-state index in [9.17, 15) is 9.59 Å². The number of hydrogen-bond acceptors (Lipinski definition) is 3. The molecule has 1 aromatic carbocycles. The van der Waals surface area contributed by atoms with E-state index in [2.05, 4.69) is 15.6 Å². The van der Waals surface area contributed by atoms with E-state index in [-0.39, 0.29) is 24.0 Å². The number of carbonyl (C=O) groups is 2. The number of carbonyl (C=O) groups excluding carboxylic acids is 2. The fourth-order valence-electron chi connectivity index (χ4n) is 3.46. The molecule has 4 rings (SSSR count). The number of aromatic nitrogens is 1. The van der Waals surface area contributed by atoms with Crippen molar-refractivity contribution < 1.29 is 9.59 Å². The van der Waals surface area contributed by atoms with Crippen LogP contribution in [0.3, 0.4) is 0 Å². The van der Waals surface area contributed by atoms with Gasteiger partial charge in [0.05, 0.1) is 27.3 Å². The molecular weight excluding hydrogens is 419 g/mol. The summed E-state index contributed by atoms with van der Waals surface area (Å²) in [5.74, 6) is -0.252. The van der Waals surface area contributed by atoms with Gasteiger partial charge in [-0.1, -0.05) is 47.5 Å². The number of aromatic amines is 1. The summed E-state index contributed by atoms with van der Waals surface area (Å²) in [7, 11) is 3.37. The molecule has 0 radical (unpaired) electrons. The third-order valence-electron chi connectivity index (χ3n) is 4.85. The van der Waals surface area contributed by atoms with Crippen molar-refractivity contribution in [1.82, 2.24) is 20.5 Å². The molecule has 0 aliphatic heterocycles. The summed E-state index contributed by atoms with van der Waals surface area (Å²) >= 11 is 13.5. The Hall–Kier alpha value is -2.22. The first-order valence-electron chi connectivity index (χ1n) is 8.68. The van der Waals surface area contributed by atoms with Crippen molar-refractivity contribution >= 4 is 56.7 Å². The lowest BCUT2D eigenvalue weighted by molar-refractivity contribution is 0.0925. The molecule has 3 amide bonds. The molecule has 3 aromatic rings. The summed E-state index contributed by atoms with van der Waals surface area (Å²) in [4.78, 5) is 29.6. The number of hydrogen-bond donors (Lipinski definition) is 3. The van der Waals surface area contributed by atoms with Gasteiger partial charge < -0.3 is 20.5 Å². The highest BCUT2D eigenvalue weighted by molar-refractivity contribution is 7.23. The van der Waals surface area contributed by atoms with Gasteiger partial charge in [0.1, 0.15) is 10.0 Å². The van der Waals surface area contributed by atoms with E-state index in [4.69, 9.17) is 23.2 Å². The lowest BCUT2D eigenvalue weighted by Gasteiger charge is -2.24. The van der Waals surface area contributed by atoms with Crippen molar-refractivity contribution in [2.45, 2.75) is 18.5 Å². The average molecular weight is 437 g/mol. The lowest BCUT2D eigenvalue weighted by atomic mass is 10.1. The van der Waals surface area contributed by atoms with Crippen molar-refractivity contribution in [2.75, 3.05) is 14.1 Å². The van der Waals surface area contributed by atoms with Crippen molar-refractivity contribution in [3.63, 3.8) is 0 Å². The van der Waals surface area contributed by atoms with Crippen molar-refractivity contribution in [3.05, 3.63) is 56.5 Å². The van der Waals surface area contributed by atoms with Gasteiger partial charge >= 0.3 is 6.03 Å². The Morgan fingerprint density at radius 3 is 2.68 bits per heavy atom. The van der Waals surface area contributed by atoms with Crippen molar-refractivity contribution in [2.24, 2.45) is 0 Å². The van der Waals surface area contributed by atoms with Gasteiger partial charge in [-0.2, -0.15) is 0 Å². The molecule has 2 heterocycles. The van der Waals surface area contributed by atoms with Crippen LogP contribution in [0.15, 0.2) is 30.3 Å². The zero-order valence-electron chi connectivity index (χ0n) is 15.2. The van der Waals surface area contributed by atoms with Crippen molar-refractivity contribution in [3.8, 4) is 0 Å². The minimum atomic E-state index is -0.302. The Morgan fingerprint density at radius 1 is 1.21 bits per heavy atom. The number of fused-ring (bicyclic) bond motifs is 2. The molecule has 6 nitrogen and oxygen atoms in total. The number of H-pyrrole nitrogens is 1. The summed E-state index contributed by atoms with van der Waals surface area (Å²) in [5.41, 5.74) is 3.20. The Morgan fingerprint density at radius 2 is 1.96 bits per heavy atom. The number of amides is 3. The second kappa shape index (κ2) is 7.31. The predicted octanol–water partition coefficient (Wildman–Crippen LogP) is 4.20. The van der Waals surface area contributed by atoms with E-state index in [1.165, 1.54) is 16.2 Å². The van der Waals surface area contributed by atoms with E-state index >= 15 is 0 Å². The van der Waals surface area contributed by atoms with Crippen LogP contribution in [0, 0.1) is 0 Å². The maximum absolute atomic E-state index is 12.8. The summed E-state index contributed by atoms with van der Waals surface area (Å²) in [6, 6.07) is 8.86. The van der Waals surface area contributed by atoms with Crippen molar-refractivity contribution in [1.29, 1.82) is 0 Å². The number of thiophene rings is 1. The van der Waals surface area contributed by atoms with Crippen LogP contribution < -0.4 is 10.6 Å². The number of urea groups is 1. The van der Waals surface area contributed by atoms with Crippen LogP contribution in [0.25, 0.3) is 10.2 Å². The SMILES string of the molecule is CN(C)C(=O)N[C@@H]1c2ccccc2C[C@@H]1NC(=O)c1cc2sc(Cl)c(Cl)c2[nH]1. The van der Waals surface area contributed by atoms with E-state index in [1.54, 1.807) is 20.2 Å². The number of halogens is 2. The molecule has 3 N–H and O–H groups in total. The molecule has 0 unspecified atom stereocenters. The Balaban J connectivity index is 1.57. The molecule has 0 spiro atoms. The fraction of sp³-hybridized carbons (Fsp3) is 0.263. The molecule has 0 bridgehead atoms. The third kappa shape index (κ3) is 3.34. The molecule has 0 fully saturated rings. The van der Waals surface area contributed by atoms with Crippen LogP contribution in [-0.2, 0) is 6.42 Å². The van der Waals surface area contributed by atoms with Gasteiger partial charge in [0.15, 0.2) is 0 Å². The van der Waals surface area contributed by atoms with Crippen LogP contribution in [0.4, 0.5) is 4.79 Å². The lowest BCUT2D eigenvalue weighted by Crippen LogP contribution is -2.46. The van der Waals surface area contributed by atoms with Crippen LogP contribution >= 0.6 is 34.5 Å². The third-order valence-corrected chi connectivity index (χ3v) is 6.78. The average Bonchev–Trinajstić information content (AvgIpc) is 3.29. The fourth-order valence-corrected chi connectivity index (χ4v) is 4.94. The minimum Gasteiger partial charge on any atom is -0.349 e. The maximum atomic E-state index is 12.8. The summed E-state index contributed by atoms with van der Waals surface area (Å²) < 4.78 is 1.32. The predicted molar refractivity (Wildman–Crippen MR) is 113 cm³/mol. The number of rotatable bonds is 3. The maximum Gasteiger partial charge on any atom is 0.317 e. The largest absolute Gasteiger partial charge is 0.349 e. The number of nitrogens with one attached hydrogen (secondary N) is 3. The molecule has 9 heteroatoms. The zero-order chi connectivity index (χ0) is 20.0. The smallest absolute Gasteiger partial charge is 0.317 e. The molecule has 28 heavy (non-hydrogen) atoms. The molecule has 1 aliphatic carbocycles. The van der Waals surface area contributed by atoms with Gasteiger partial charge in [0.25, 0.3) is 5.91 Å². The zero-order valence-corrected chi connectivity index (χ0v) is 17.5. The van der Waals surface area contributed by atoms with Crippen LogP contribution in [0.1, 0.15) is 27.7 Å². The first kappa shape index (κ1) is 19.1. The molecule has 2 aromatic heterocycles. The van der Waals surface area contributed by atoms with E-state index in [1.807, 2.05) is 24.3 Å². The summed E-state index contributed by atoms with van der Waals surface area (Å²) in [5, 5.41) is 6.47. The first-order chi connectivity index (χ1) is 13.3. The highest BCUT2D eigenvalue weighted by Crippen LogP contribution is 2.39. The Bertz CT molecular complexity index is 1080. The highest BCUT2D eigenvalue weighted by atomic mass is 35.5. The first-order valence-corrected chi connectivity index (χ1v) is 10.3. The summed E-state index contributed by atoms with van der Waals surface area (Å²) in [6.45, 7) is 0. The molecule has 1 aliphatic rings. The highest BCUT2D eigenvalue weighted by Gasteiger charge is 2.35. The second-order valence-electron chi connectivity index (χ2n) is 6.92. The van der Waals surface area contributed by atoms with Crippen LogP contribution in [0.2, 0.25) is 9.36 Å². The van der Waals surface area contributed by atoms with Crippen LogP contribution in [-0.4, -0.2) is 42.0 Å². The molecule has 2 atom stereocenters. The molecule has 0 saturated carbocycles. The van der Waals surface area contributed by atoms with Gasteiger partial charge in [-0.25, -0.2) is 4.79 Å². The molecule has 0 saturated heterocycles. The number of benzene rings is 1. The van der Waals surface area contributed by atoms with E-state index in [0.29, 0.717) is 27.0 Å². The molecule has 146 valence electrons. The standard InChI is InChI=1S/C19H18Cl2N4O2S/c1-25(2)19(27)24-15-10-6-4-3-5-9(10)7-11(15)23-18(26)12-8-13-16(22-12)14(20)17(21)28-13/h3-6,8,11,15,22H,7H2,1-2H3,(H,23,26)(H,24,27)/t11-,15+/m0/s1. The van der Waals surface area contributed by atoms with Gasteiger partial charge in [0.2, 0.25) is 0 Å². The Kier molecular flexibility index (Phi) is 4.99. The van der Waals surface area contributed by atoms with Crippen LogP contribution in [0.5, 0.6) is 0 Å². The second-order valence-corrected chi connectivity index (χ2v) is 8.95. The number of nitrogens with zero attached hydrogens (tertiary/aromatic N) is 1. The quantitative estimate of drug-likeness (QED) is 0.574. The van der Waals surface area contributed by atoms with Gasteiger partial charge in [-0.15, -0.1) is 11.3 Å².